The minimum atomic E-state index is 0. The van der Waals surface area contributed by atoms with Crippen molar-refractivity contribution < 1.29 is 0 Å². The Labute approximate surface area is 161 Å². The number of imidazole rings is 1. The van der Waals surface area contributed by atoms with Gasteiger partial charge in [-0.1, -0.05) is 6.07 Å². The second-order valence-electron chi connectivity index (χ2n) is 5.10. The molecular formula is C14H25Cl4N5. The molecule has 0 atom stereocenters. The molecule has 0 unspecified atom stereocenters. The molecule has 2 aromatic rings. The first-order valence-corrected chi connectivity index (χ1v) is 6.96. The zero-order valence-electron chi connectivity index (χ0n) is 12.8. The van der Waals surface area contributed by atoms with Crippen molar-refractivity contribution in [3.05, 3.63) is 29.6 Å². The van der Waals surface area contributed by atoms with Gasteiger partial charge in [0, 0.05) is 39.1 Å². The van der Waals surface area contributed by atoms with Crippen LogP contribution in [0, 0.1) is 0 Å². The topological polar surface area (TPSA) is 70.0 Å². The van der Waals surface area contributed by atoms with Gasteiger partial charge in [-0.2, -0.15) is 0 Å². The number of nitrogens with one attached hydrogen (secondary N) is 2. The second-order valence-corrected chi connectivity index (χ2v) is 5.10. The minimum absolute atomic E-state index is 0. The standard InChI is InChI=1S/C14H21N5.4ClH/c15-4-3-14-17-12-2-1-11(9-13(12)18-14)10-19-7-5-16-6-8-19;;;;/h1-2,9,16H,3-8,10,15H2,(H,17,18);4*1H. The summed E-state index contributed by atoms with van der Waals surface area (Å²) in [6.45, 7) is 6.08. The lowest BCUT2D eigenvalue weighted by atomic mass is 10.2. The largest absolute Gasteiger partial charge is 0.342 e. The first kappa shape index (κ1) is 25.0. The van der Waals surface area contributed by atoms with Crippen LogP contribution in [0.25, 0.3) is 11.0 Å². The molecule has 3 rings (SSSR count). The molecule has 1 aliphatic rings. The predicted octanol–water partition coefficient (Wildman–Crippen LogP) is 2.16. The van der Waals surface area contributed by atoms with Crippen molar-refractivity contribution >= 4 is 60.7 Å². The van der Waals surface area contributed by atoms with Gasteiger partial charge in [0.2, 0.25) is 0 Å². The highest BCUT2D eigenvalue weighted by Gasteiger charge is 2.10. The summed E-state index contributed by atoms with van der Waals surface area (Å²) in [7, 11) is 0. The lowest BCUT2D eigenvalue weighted by molar-refractivity contribution is 0.233. The lowest BCUT2D eigenvalue weighted by Gasteiger charge is -2.27. The van der Waals surface area contributed by atoms with E-state index in [0.717, 1.165) is 56.0 Å². The van der Waals surface area contributed by atoms with E-state index in [1.807, 2.05) is 0 Å². The fourth-order valence-electron chi connectivity index (χ4n) is 2.59. The number of H-pyrrole nitrogens is 1. The molecule has 5 nitrogen and oxygen atoms in total. The number of nitrogens with two attached hydrogens (primary N) is 1. The molecule has 0 saturated carbocycles. The number of halogens is 4. The van der Waals surface area contributed by atoms with Gasteiger partial charge < -0.3 is 16.0 Å². The molecule has 9 heteroatoms. The van der Waals surface area contributed by atoms with Crippen LogP contribution in [0.2, 0.25) is 0 Å². The van der Waals surface area contributed by atoms with Gasteiger partial charge >= 0.3 is 0 Å². The van der Waals surface area contributed by atoms with E-state index in [1.54, 1.807) is 0 Å². The van der Waals surface area contributed by atoms with Crippen molar-refractivity contribution in [2.75, 3.05) is 32.7 Å². The molecule has 1 fully saturated rings. The van der Waals surface area contributed by atoms with E-state index in [2.05, 4.69) is 38.4 Å². The Morgan fingerprint density at radius 2 is 1.78 bits per heavy atom. The maximum absolute atomic E-state index is 5.56. The van der Waals surface area contributed by atoms with Crippen LogP contribution in [0.1, 0.15) is 11.4 Å². The normalized spacial score (nSPS) is 14.1. The van der Waals surface area contributed by atoms with Crippen LogP contribution in [0.5, 0.6) is 0 Å². The Morgan fingerprint density at radius 3 is 2.43 bits per heavy atom. The van der Waals surface area contributed by atoms with Crippen LogP contribution in [0.4, 0.5) is 0 Å². The van der Waals surface area contributed by atoms with Crippen LogP contribution in [-0.4, -0.2) is 47.6 Å². The highest BCUT2D eigenvalue weighted by atomic mass is 35.5. The molecule has 1 aromatic carbocycles. The molecule has 134 valence electrons. The van der Waals surface area contributed by atoms with E-state index < -0.39 is 0 Å². The van der Waals surface area contributed by atoms with Gasteiger partial charge in [-0.05, 0) is 24.2 Å². The molecular weight excluding hydrogens is 380 g/mol. The molecule has 1 aliphatic heterocycles. The fraction of sp³-hybridized carbons (Fsp3) is 0.500. The quantitative estimate of drug-likeness (QED) is 0.730. The molecule has 0 radical (unpaired) electrons. The van der Waals surface area contributed by atoms with Crippen molar-refractivity contribution in [2.24, 2.45) is 5.73 Å². The number of nitrogens with zero attached hydrogens (tertiary/aromatic N) is 2. The molecule has 2 heterocycles. The first-order valence-electron chi connectivity index (χ1n) is 6.96. The van der Waals surface area contributed by atoms with Crippen LogP contribution >= 0.6 is 49.6 Å². The van der Waals surface area contributed by atoms with Gasteiger partial charge in [-0.3, -0.25) is 4.90 Å². The fourth-order valence-corrected chi connectivity index (χ4v) is 2.59. The molecule has 0 aliphatic carbocycles. The highest BCUT2D eigenvalue weighted by molar-refractivity contribution is 5.86. The summed E-state index contributed by atoms with van der Waals surface area (Å²) in [5.74, 6) is 0.983. The SMILES string of the molecule is Cl.Cl.Cl.Cl.NCCc1nc2ccc(CN3CCNCC3)cc2[nH]1. The lowest BCUT2D eigenvalue weighted by Crippen LogP contribution is -2.42. The number of piperazine rings is 1. The van der Waals surface area contributed by atoms with Crippen molar-refractivity contribution in [1.82, 2.24) is 20.2 Å². The Kier molecular flexibility index (Phi) is 13.2. The van der Waals surface area contributed by atoms with Crippen LogP contribution < -0.4 is 11.1 Å². The smallest absolute Gasteiger partial charge is 0.108 e. The summed E-state index contributed by atoms with van der Waals surface area (Å²) in [5.41, 5.74) is 9.06. The van der Waals surface area contributed by atoms with Crippen molar-refractivity contribution in [3.63, 3.8) is 0 Å². The molecule has 0 bridgehead atoms. The van der Waals surface area contributed by atoms with E-state index in [1.165, 1.54) is 5.56 Å². The van der Waals surface area contributed by atoms with Crippen molar-refractivity contribution in [2.45, 2.75) is 13.0 Å². The summed E-state index contributed by atoms with van der Waals surface area (Å²) in [4.78, 5) is 10.4. The maximum Gasteiger partial charge on any atom is 0.108 e. The molecule has 0 spiro atoms. The third-order valence-corrected chi connectivity index (χ3v) is 3.59. The van der Waals surface area contributed by atoms with E-state index in [0.29, 0.717) is 6.54 Å². The number of hydrogen-bond donors (Lipinski definition) is 3. The van der Waals surface area contributed by atoms with Gasteiger partial charge in [-0.15, -0.1) is 49.6 Å². The van der Waals surface area contributed by atoms with E-state index in [9.17, 15) is 0 Å². The summed E-state index contributed by atoms with van der Waals surface area (Å²) < 4.78 is 0. The van der Waals surface area contributed by atoms with Gasteiger partial charge in [-0.25, -0.2) is 4.98 Å². The summed E-state index contributed by atoms with van der Waals surface area (Å²) in [6.07, 6.45) is 0.807. The summed E-state index contributed by atoms with van der Waals surface area (Å²) in [5, 5.41) is 3.38. The molecule has 4 N–H and O–H groups in total. The number of fused-ring (bicyclic) bond motifs is 1. The second kappa shape index (κ2) is 12.1. The van der Waals surface area contributed by atoms with Crippen molar-refractivity contribution in [1.29, 1.82) is 0 Å². The Hall–Kier alpha value is -0.270. The number of rotatable bonds is 4. The number of hydrogen-bond acceptors (Lipinski definition) is 4. The van der Waals surface area contributed by atoms with E-state index >= 15 is 0 Å². The van der Waals surface area contributed by atoms with Gasteiger partial charge in [0.25, 0.3) is 0 Å². The van der Waals surface area contributed by atoms with Crippen LogP contribution in [-0.2, 0) is 13.0 Å². The van der Waals surface area contributed by atoms with Gasteiger partial charge in [0.15, 0.2) is 0 Å². The number of benzene rings is 1. The molecule has 23 heavy (non-hydrogen) atoms. The predicted molar refractivity (Wildman–Crippen MR) is 106 cm³/mol. The zero-order valence-corrected chi connectivity index (χ0v) is 16.1. The molecule has 1 saturated heterocycles. The Bertz CT molecular complexity index is 557. The highest BCUT2D eigenvalue weighted by Crippen LogP contribution is 2.15. The van der Waals surface area contributed by atoms with Gasteiger partial charge in [0.05, 0.1) is 11.0 Å². The first-order chi connectivity index (χ1) is 9.35. The summed E-state index contributed by atoms with van der Waals surface area (Å²) in [6, 6.07) is 6.49. The van der Waals surface area contributed by atoms with E-state index in [-0.39, 0.29) is 49.6 Å². The monoisotopic (exact) mass is 403 g/mol. The molecule has 1 aromatic heterocycles. The van der Waals surface area contributed by atoms with Gasteiger partial charge in [0.1, 0.15) is 5.82 Å². The van der Waals surface area contributed by atoms with E-state index in [4.69, 9.17) is 5.73 Å². The Morgan fingerprint density at radius 1 is 1.09 bits per heavy atom. The Balaban J connectivity index is 0. The summed E-state index contributed by atoms with van der Waals surface area (Å²) >= 11 is 0. The average molecular weight is 405 g/mol. The number of aromatic amines is 1. The number of aromatic nitrogens is 2. The van der Waals surface area contributed by atoms with Crippen LogP contribution in [0.3, 0.4) is 0 Å². The average Bonchev–Trinajstić information content (AvgIpc) is 2.82. The molecule has 0 amide bonds. The zero-order chi connectivity index (χ0) is 13.1. The minimum Gasteiger partial charge on any atom is -0.342 e. The maximum atomic E-state index is 5.56. The van der Waals surface area contributed by atoms with Crippen LogP contribution in [0.15, 0.2) is 18.2 Å². The third-order valence-electron chi connectivity index (χ3n) is 3.59. The third kappa shape index (κ3) is 6.63. The van der Waals surface area contributed by atoms with Crippen molar-refractivity contribution in [3.8, 4) is 0 Å².